The van der Waals surface area contributed by atoms with Gasteiger partial charge in [-0.2, -0.15) is 17.5 Å². The Morgan fingerprint density at radius 1 is 0.720 bits per heavy atom. The number of fused-ring (bicyclic) bond motifs is 1. The minimum absolute atomic E-state index is 0. The van der Waals surface area contributed by atoms with E-state index in [0.717, 1.165) is 0 Å². The van der Waals surface area contributed by atoms with Gasteiger partial charge in [0.2, 0.25) is 0 Å². The molecule has 3 aromatic rings. The van der Waals surface area contributed by atoms with Crippen LogP contribution in [0.5, 0.6) is 0 Å². The van der Waals surface area contributed by atoms with Crippen LogP contribution in [0.2, 0.25) is 0 Å². The second-order valence-electron chi connectivity index (χ2n) is 4.68. The van der Waals surface area contributed by atoms with E-state index in [9.17, 15) is 0 Å². The Morgan fingerprint density at radius 2 is 1.24 bits per heavy atom. The molecule has 0 aliphatic rings. The molecule has 0 saturated heterocycles. The summed E-state index contributed by atoms with van der Waals surface area (Å²) in [7, 11) is 0. The molecule has 0 unspecified atom stereocenters. The Kier molecular flexibility index (Phi) is 18.1. The Hall–Kier alpha value is -1.36. The second kappa shape index (κ2) is 17.5. The molecule has 3 rings (SSSR count). The van der Waals surface area contributed by atoms with Gasteiger partial charge in [-0.3, -0.25) is 0 Å². The Labute approximate surface area is 166 Å². The summed E-state index contributed by atoms with van der Waals surface area (Å²) in [6.07, 6.45) is 0. The third-order valence-corrected chi connectivity index (χ3v) is 2.75. The van der Waals surface area contributed by atoms with Crippen molar-refractivity contribution in [1.29, 1.82) is 0 Å². The molecule has 0 fully saturated rings. The molecule has 0 bridgehead atoms. The number of rotatable bonds is 1. The van der Waals surface area contributed by atoms with E-state index in [1.807, 2.05) is 6.07 Å². The minimum atomic E-state index is 0. The molecule has 0 saturated carbocycles. The first-order valence-electron chi connectivity index (χ1n) is 8.21. The maximum absolute atomic E-state index is 7.57. The molecule has 0 atom stereocenters. The third kappa shape index (κ3) is 11.0. The summed E-state index contributed by atoms with van der Waals surface area (Å²) in [6.45, 7) is 5.79. The van der Waals surface area contributed by atoms with Crippen LogP contribution in [0.1, 0.15) is 20.8 Å². The first kappa shape index (κ1) is 25.9. The van der Waals surface area contributed by atoms with Crippen molar-refractivity contribution < 1.29 is 37.0 Å². The van der Waals surface area contributed by atoms with Gasteiger partial charge in [-0.25, -0.2) is 0 Å². The van der Waals surface area contributed by atoms with Crippen LogP contribution in [0, 0.1) is 0 Å². The van der Waals surface area contributed by atoms with E-state index in [4.69, 9.17) is 15.3 Å². The summed E-state index contributed by atoms with van der Waals surface area (Å²) in [6, 6.07) is 23.5. The zero-order valence-corrected chi connectivity index (χ0v) is 16.9. The second-order valence-corrected chi connectivity index (χ2v) is 4.68. The van der Waals surface area contributed by atoms with Gasteiger partial charge in [-0.05, 0) is 31.9 Å². The van der Waals surface area contributed by atoms with E-state index < -0.39 is 0 Å². The van der Waals surface area contributed by atoms with Crippen molar-refractivity contribution in [3.63, 3.8) is 0 Å². The van der Waals surface area contributed by atoms with Gasteiger partial charge in [0.15, 0.2) is 0 Å². The number of aliphatic hydroxyl groups excluding tert-OH is 3. The van der Waals surface area contributed by atoms with E-state index >= 15 is 0 Å². The molecule has 0 aliphatic heterocycles. The number of aliphatic hydroxyl groups is 3. The summed E-state index contributed by atoms with van der Waals surface area (Å²) in [5.74, 6) is 0. The molecule has 0 amide bonds. The fraction of sp³-hybridized carbons (Fsp3) is 0.286. The van der Waals surface area contributed by atoms with Crippen LogP contribution in [0.3, 0.4) is 0 Å². The summed E-state index contributed by atoms with van der Waals surface area (Å²) in [5, 5.41) is 25.3. The van der Waals surface area contributed by atoms with Crippen molar-refractivity contribution >= 4 is 10.8 Å². The first-order valence-corrected chi connectivity index (χ1v) is 8.21. The summed E-state index contributed by atoms with van der Waals surface area (Å²) in [4.78, 5) is 0. The topological polar surface area (TPSA) is 60.7 Å². The molecule has 4 heteroatoms. The molecule has 0 aromatic heterocycles. The van der Waals surface area contributed by atoms with Gasteiger partial charge in [-0.15, -0.1) is 17.5 Å². The number of benzene rings is 2. The van der Waals surface area contributed by atoms with Crippen molar-refractivity contribution in [3.05, 3.63) is 66.7 Å². The number of hydrogen-bond acceptors (Lipinski definition) is 3. The monoisotopic (exact) mass is 377 g/mol. The van der Waals surface area contributed by atoms with Crippen molar-refractivity contribution in [3.8, 4) is 11.1 Å². The van der Waals surface area contributed by atoms with Crippen molar-refractivity contribution in [2.75, 3.05) is 19.8 Å². The van der Waals surface area contributed by atoms with Crippen molar-refractivity contribution in [2.24, 2.45) is 0 Å². The van der Waals surface area contributed by atoms with Gasteiger partial charge in [0.25, 0.3) is 0 Å². The van der Waals surface area contributed by atoms with Crippen molar-refractivity contribution in [1.82, 2.24) is 0 Å². The van der Waals surface area contributed by atoms with Gasteiger partial charge in [0.1, 0.15) is 0 Å². The average molecular weight is 377 g/mol. The summed E-state index contributed by atoms with van der Waals surface area (Å²) >= 11 is 0. The molecule has 3 N–H and O–H groups in total. The molecule has 0 aliphatic carbocycles. The normalized spacial score (nSPS) is 8.56. The molecular formula is C21H29O3Ti-. The summed E-state index contributed by atoms with van der Waals surface area (Å²) in [5.41, 5.74) is 2.56. The molecule has 136 valence electrons. The van der Waals surface area contributed by atoms with E-state index in [-0.39, 0.29) is 41.5 Å². The zero-order chi connectivity index (χ0) is 18.2. The van der Waals surface area contributed by atoms with Crippen LogP contribution in [-0.4, -0.2) is 35.1 Å². The Bertz CT molecular complexity index is 631. The van der Waals surface area contributed by atoms with Gasteiger partial charge in [-0.1, -0.05) is 42.5 Å². The van der Waals surface area contributed by atoms with Crippen LogP contribution in [-0.2, 0) is 21.7 Å². The van der Waals surface area contributed by atoms with Crippen LogP contribution < -0.4 is 0 Å². The molecule has 0 radical (unpaired) electrons. The van der Waals surface area contributed by atoms with E-state index in [1.54, 1.807) is 20.8 Å². The van der Waals surface area contributed by atoms with Gasteiger partial charge >= 0.3 is 0 Å². The standard InChI is InChI=1S/C15H11.3C2H6O.Ti/c1-2-5-12(6-3-1)15-10-9-13-7-4-8-14(13)11-15;3*1-2-3;/h1-11H;3*3H,2H2,1H3;/q-1;;;;. The predicted octanol–water partition coefficient (Wildman–Crippen LogP) is 4.22. The molecule has 0 heterocycles. The van der Waals surface area contributed by atoms with E-state index in [0.29, 0.717) is 0 Å². The van der Waals surface area contributed by atoms with Crippen LogP contribution in [0.15, 0.2) is 66.7 Å². The van der Waals surface area contributed by atoms with E-state index in [2.05, 4.69) is 60.7 Å². The zero-order valence-electron chi connectivity index (χ0n) is 15.3. The van der Waals surface area contributed by atoms with Gasteiger partial charge in [0, 0.05) is 41.5 Å². The average Bonchev–Trinajstić information content (AvgIpc) is 3.05. The Morgan fingerprint density at radius 3 is 1.76 bits per heavy atom. The predicted molar refractivity (Wildman–Crippen MR) is 103 cm³/mol. The van der Waals surface area contributed by atoms with Gasteiger partial charge < -0.3 is 15.3 Å². The number of hydrogen-bond donors (Lipinski definition) is 3. The van der Waals surface area contributed by atoms with Crippen LogP contribution in [0.25, 0.3) is 21.9 Å². The fourth-order valence-electron chi connectivity index (χ4n) is 1.94. The smallest absolute Gasteiger partial charge is 0.0402 e. The third-order valence-electron chi connectivity index (χ3n) is 2.75. The molecule has 3 aromatic carbocycles. The fourth-order valence-corrected chi connectivity index (χ4v) is 1.94. The van der Waals surface area contributed by atoms with Crippen molar-refractivity contribution in [2.45, 2.75) is 20.8 Å². The van der Waals surface area contributed by atoms with Gasteiger partial charge in [0.05, 0.1) is 0 Å². The maximum atomic E-state index is 7.57. The largest absolute Gasteiger partial charge is 0.397 e. The maximum Gasteiger partial charge on any atom is 0.0402 e. The molecular weight excluding hydrogens is 348 g/mol. The first-order chi connectivity index (χ1) is 11.7. The summed E-state index contributed by atoms with van der Waals surface area (Å²) < 4.78 is 0. The Balaban J connectivity index is 0. The minimum Gasteiger partial charge on any atom is -0.397 e. The van der Waals surface area contributed by atoms with Crippen LogP contribution >= 0.6 is 0 Å². The van der Waals surface area contributed by atoms with E-state index in [1.165, 1.54) is 21.9 Å². The van der Waals surface area contributed by atoms with Crippen LogP contribution in [0.4, 0.5) is 0 Å². The SMILES string of the molecule is CCO.CCO.CCO.[Ti].c1ccc(-c2ccc3[cH-]ccc3c2)cc1. The molecule has 25 heavy (non-hydrogen) atoms. The molecule has 0 spiro atoms. The molecule has 3 nitrogen and oxygen atoms in total. The quantitative estimate of drug-likeness (QED) is 0.440.